The molecule has 0 saturated carbocycles. The Bertz CT molecular complexity index is 612. The van der Waals surface area contributed by atoms with Crippen LogP contribution in [-0.4, -0.2) is 30.4 Å². The fourth-order valence-corrected chi connectivity index (χ4v) is 2.92. The molecule has 6 heteroatoms. The quantitative estimate of drug-likeness (QED) is 0.747. The van der Waals surface area contributed by atoms with Gasteiger partial charge >= 0.3 is 5.97 Å². The first-order chi connectivity index (χ1) is 11.5. The Labute approximate surface area is 142 Å². The molecule has 1 aromatic rings. The Hall–Kier alpha value is -2.37. The summed E-state index contributed by atoms with van der Waals surface area (Å²) in [6.45, 7) is 2.44. The third-order valence-electron chi connectivity index (χ3n) is 4.61. The Kier molecular flexibility index (Phi) is 5.95. The Balaban J connectivity index is 1.79. The van der Waals surface area contributed by atoms with E-state index in [0.717, 1.165) is 18.4 Å². The Morgan fingerprint density at radius 2 is 2.00 bits per heavy atom. The van der Waals surface area contributed by atoms with Gasteiger partial charge in [0.15, 0.2) is 0 Å². The van der Waals surface area contributed by atoms with Crippen LogP contribution in [0.25, 0.3) is 0 Å². The molecule has 1 atom stereocenters. The lowest BCUT2D eigenvalue weighted by atomic mass is 9.89. The van der Waals surface area contributed by atoms with Gasteiger partial charge in [0.25, 0.3) is 0 Å². The highest BCUT2D eigenvalue weighted by atomic mass is 16.5. The van der Waals surface area contributed by atoms with Crippen molar-refractivity contribution in [2.75, 3.05) is 7.11 Å². The zero-order valence-electron chi connectivity index (χ0n) is 14.2. The lowest BCUT2D eigenvalue weighted by Crippen LogP contribution is -2.42. The van der Waals surface area contributed by atoms with Crippen molar-refractivity contribution in [1.29, 1.82) is 0 Å². The van der Waals surface area contributed by atoms with Gasteiger partial charge in [0.1, 0.15) is 0 Å². The smallest absolute Gasteiger partial charge is 0.337 e. The van der Waals surface area contributed by atoms with E-state index in [9.17, 15) is 14.4 Å². The lowest BCUT2D eigenvalue weighted by molar-refractivity contribution is -0.122. The molecular weight excluding hydrogens is 308 g/mol. The molecular formula is C18H24N2O4. The molecule has 24 heavy (non-hydrogen) atoms. The van der Waals surface area contributed by atoms with Gasteiger partial charge in [-0.05, 0) is 37.0 Å². The van der Waals surface area contributed by atoms with Gasteiger partial charge in [0, 0.05) is 24.9 Å². The average Bonchev–Trinajstić information content (AvgIpc) is 2.99. The van der Waals surface area contributed by atoms with Crippen molar-refractivity contribution in [2.24, 2.45) is 0 Å². The third-order valence-corrected chi connectivity index (χ3v) is 4.61. The van der Waals surface area contributed by atoms with E-state index in [2.05, 4.69) is 15.4 Å². The summed E-state index contributed by atoms with van der Waals surface area (Å²) in [4.78, 5) is 34.8. The van der Waals surface area contributed by atoms with E-state index in [1.54, 1.807) is 24.3 Å². The molecule has 2 N–H and O–H groups in total. The van der Waals surface area contributed by atoms with Crippen LogP contribution in [0.5, 0.6) is 0 Å². The first-order valence-corrected chi connectivity index (χ1v) is 8.23. The van der Waals surface area contributed by atoms with Crippen molar-refractivity contribution in [3.05, 3.63) is 35.4 Å². The van der Waals surface area contributed by atoms with E-state index in [0.29, 0.717) is 31.4 Å². The predicted molar refractivity (Wildman–Crippen MR) is 89.3 cm³/mol. The van der Waals surface area contributed by atoms with Gasteiger partial charge in [-0.25, -0.2) is 4.79 Å². The number of ether oxygens (including phenoxy) is 1. The maximum Gasteiger partial charge on any atom is 0.337 e. The molecule has 6 nitrogen and oxygen atoms in total. The van der Waals surface area contributed by atoms with Gasteiger partial charge in [-0.1, -0.05) is 19.1 Å². The SMILES string of the molecule is CCC1(CCC(=O)NCc2ccc(C(=O)OC)cc2)CCC(=O)N1. The van der Waals surface area contributed by atoms with Crippen molar-refractivity contribution in [3.8, 4) is 0 Å². The highest BCUT2D eigenvalue weighted by Gasteiger charge is 2.35. The molecule has 1 heterocycles. The molecule has 0 bridgehead atoms. The summed E-state index contributed by atoms with van der Waals surface area (Å²) in [5.74, 6) is -0.349. The second-order valence-corrected chi connectivity index (χ2v) is 6.15. The minimum atomic E-state index is -0.381. The van der Waals surface area contributed by atoms with Gasteiger partial charge in [0.05, 0.1) is 12.7 Å². The van der Waals surface area contributed by atoms with E-state index in [-0.39, 0.29) is 23.3 Å². The number of esters is 1. The number of benzene rings is 1. The lowest BCUT2D eigenvalue weighted by Gasteiger charge is -2.27. The number of rotatable bonds is 7. The summed E-state index contributed by atoms with van der Waals surface area (Å²) in [6.07, 6.45) is 3.21. The van der Waals surface area contributed by atoms with Crippen LogP contribution in [0.2, 0.25) is 0 Å². The van der Waals surface area contributed by atoms with Gasteiger partial charge in [-0.2, -0.15) is 0 Å². The molecule has 1 aromatic carbocycles. The molecule has 1 saturated heterocycles. The third kappa shape index (κ3) is 4.57. The molecule has 2 amide bonds. The van der Waals surface area contributed by atoms with Gasteiger partial charge < -0.3 is 15.4 Å². The highest BCUT2D eigenvalue weighted by Crippen LogP contribution is 2.28. The Morgan fingerprint density at radius 3 is 2.54 bits per heavy atom. The number of amides is 2. The van der Waals surface area contributed by atoms with Crippen LogP contribution in [-0.2, 0) is 20.9 Å². The fraction of sp³-hybridized carbons (Fsp3) is 0.500. The van der Waals surface area contributed by atoms with E-state index in [1.165, 1.54) is 7.11 Å². The topological polar surface area (TPSA) is 84.5 Å². The predicted octanol–water partition coefficient (Wildman–Crippen LogP) is 1.93. The number of carbonyl (C=O) groups excluding carboxylic acids is 3. The minimum absolute atomic E-state index is 0.0407. The normalized spacial score (nSPS) is 19.7. The molecule has 130 valence electrons. The molecule has 0 aliphatic carbocycles. The molecule has 1 aliphatic heterocycles. The fourth-order valence-electron chi connectivity index (χ4n) is 2.92. The van der Waals surface area contributed by atoms with Crippen LogP contribution in [0.4, 0.5) is 0 Å². The van der Waals surface area contributed by atoms with E-state index < -0.39 is 0 Å². The van der Waals surface area contributed by atoms with Crippen LogP contribution in [0.1, 0.15) is 54.9 Å². The number of carbonyl (C=O) groups is 3. The number of methoxy groups -OCH3 is 1. The largest absolute Gasteiger partial charge is 0.465 e. The zero-order chi connectivity index (χ0) is 17.6. The maximum absolute atomic E-state index is 12.0. The van der Waals surface area contributed by atoms with Crippen molar-refractivity contribution in [1.82, 2.24) is 10.6 Å². The van der Waals surface area contributed by atoms with Crippen LogP contribution >= 0.6 is 0 Å². The van der Waals surface area contributed by atoms with Crippen molar-refractivity contribution < 1.29 is 19.1 Å². The van der Waals surface area contributed by atoms with Gasteiger partial charge in [0.2, 0.25) is 11.8 Å². The first kappa shape index (κ1) is 18.0. The molecule has 0 spiro atoms. The van der Waals surface area contributed by atoms with E-state index in [4.69, 9.17) is 0 Å². The van der Waals surface area contributed by atoms with Gasteiger partial charge in [-0.15, -0.1) is 0 Å². The van der Waals surface area contributed by atoms with E-state index in [1.807, 2.05) is 6.92 Å². The zero-order valence-corrected chi connectivity index (χ0v) is 14.2. The van der Waals surface area contributed by atoms with Gasteiger partial charge in [-0.3, -0.25) is 9.59 Å². The summed E-state index contributed by atoms with van der Waals surface area (Å²) in [7, 11) is 1.34. The second kappa shape index (κ2) is 7.95. The average molecular weight is 332 g/mol. The summed E-state index contributed by atoms with van der Waals surface area (Å²) in [5, 5.41) is 5.88. The van der Waals surface area contributed by atoms with Crippen molar-refractivity contribution >= 4 is 17.8 Å². The van der Waals surface area contributed by atoms with Crippen molar-refractivity contribution in [3.63, 3.8) is 0 Å². The summed E-state index contributed by atoms with van der Waals surface area (Å²) in [5.41, 5.74) is 1.17. The summed E-state index contributed by atoms with van der Waals surface area (Å²) >= 11 is 0. The van der Waals surface area contributed by atoms with Crippen LogP contribution in [0.3, 0.4) is 0 Å². The summed E-state index contributed by atoms with van der Waals surface area (Å²) < 4.78 is 4.64. The van der Waals surface area contributed by atoms with Crippen molar-refractivity contribution in [2.45, 2.75) is 51.1 Å². The minimum Gasteiger partial charge on any atom is -0.465 e. The highest BCUT2D eigenvalue weighted by molar-refractivity contribution is 5.89. The summed E-state index contributed by atoms with van der Waals surface area (Å²) in [6, 6.07) is 6.93. The maximum atomic E-state index is 12.0. The number of nitrogens with one attached hydrogen (secondary N) is 2. The number of hydrogen-bond donors (Lipinski definition) is 2. The Morgan fingerprint density at radius 1 is 1.29 bits per heavy atom. The first-order valence-electron chi connectivity index (χ1n) is 8.23. The molecule has 1 unspecified atom stereocenters. The van der Waals surface area contributed by atoms with E-state index >= 15 is 0 Å². The standard InChI is InChI=1S/C18H24N2O4/c1-3-18(11-9-16(22)20-18)10-8-15(21)19-12-13-4-6-14(7-5-13)17(23)24-2/h4-7H,3,8-12H2,1-2H3,(H,19,21)(H,20,22). The second-order valence-electron chi connectivity index (χ2n) is 6.15. The molecule has 1 fully saturated rings. The molecule has 2 rings (SSSR count). The van der Waals surface area contributed by atoms with Crippen LogP contribution < -0.4 is 10.6 Å². The molecule has 0 radical (unpaired) electrons. The molecule has 0 aromatic heterocycles. The molecule has 1 aliphatic rings. The monoisotopic (exact) mass is 332 g/mol. The van der Waals surface area contributed by atoms with Crippen LogP contribution in [0.15, 0.2) is 24.3 Å². The van der Waals surface area contributed by atoms with Crippen LogP contribution in [0, 0.1) is 0 Å². The number of hydrogen-bond acceptors (Lipinski definition) is 4.